The zero-order chi connectivity index (χ0) is 14.5. The van der Waals surface area contributed by atoms with Gasteiger partial charge in [-0.05, 0) is 6.42 Å². The smallest absolute Gasteiger partial charge is 0.338 e. The van der Waals surface area contributed by atoms with Crippen molar-refractivity contribution in [3.05, 3.63) is 0 Å². The van der Waals surface area contributed by atoms with Crippen LogP contribution in [0.4, 0.5) is 0 Å². The van der Waals surface area contributed by atoms with E-state index in [1.165, 1.54) is 26.4 Å². The lowest BCUT2D eigenvalue weighted by Crippen LogP contribution is -2.35. The Morgan fingerprint density at radius 1 is 1.20 bits per heavy atom. The van der Waals surface area contributed by atoms with Crippen LogP contribution in [-0.4, -0.2) is 55.5 Å². The molecule has 116 valence electrons. The summed E-state index contributed by atoms with van der Waals surface area (Å²) in [5.41, 5.74) is 0. The molecule has 2 rings (SSSR count). The van der Waals surface area contributed by atoms with Crippen LogP contribution in [0.3, 0.4) is 0 Å². The van der Waals surface area contributed by atoms with E-state index >= 15 is 0 Å². The van der Waals surface area contributed by atoms with Gasteiger partial charge in [0.05, 0.1) is 0 Å². The van der Waals surface area contributed by atoms with E-state index in [2.05, 4.69) is 6.92 Å². The molecule has 6 heteroatoms. The Kier molecular flexibility index (Phi) is 5.77. The highest BCUT2D eigenvalue weighted by molar-refractivity contribution is 5.78. The molecule has 0 aromatic heterocycles. The topological polar surface area (TPSA) is 74.2 Å². The zero-order valence-electron chi connectivity index (χ0n) is 12.1. The Morgan fingerprint density at radius 2 is 1.95 bits per heavy atom. The van der Waals surface area contributed by atoms with E-state index in [0.717, 1.165) is 12.8 Å². The average Bonchev–Trinajstić information content (AvgIpc) is 2.91. The SMILES string of the molecule is CCCCCCCOC1OC2C(O)C(=O)OC2C1OC. The minimum absolute atomic E-state index is 0.475. The maximum atomic E-state index is 11.3. The van der Waals surface area contributed by atoms with E-state index in [1.54, 1.807) is 0 Å². The summed E-state index contributed by atoms with van der Waals surface area (Å²) in [7, 11) is 1.52. The summed E-state index contributed by atoms with van der Waals surface area (Å²) in [5, 5.41) is 9.66. The maximum absolute atomic E-state index is 11.3. The standard InChI is InChI=1S/C14H24O6/c1-3-4-5-6-7-8-18-14-12(17-2)11-10(20-14)9(15)13(16)19-11/h9-12,14-15H,3-8H2,1-2H3. The number of ether oxygens (including phenoxy) is 4. The molecule has 0 aliphatic carbocycles. The minimum Gasteiger partial charge on any atom is -0.454 e. The van der Waals surface area contributed by atoms with E-state index in [9.17, 15) is 9.90 Å². The Morgan fingerprint density at radius 3 is 2.65 bits per heavy atom. The van der Waals surface area contributed by atoms with Crippen LogP contribution in [0.1, 0.15) is 39.0 Å². The summed E-state index contributed by atoms with van der Waals surface area (Å²) in [4.78, 5) is 11.3. The molecule has 6 nitrogen and oxygen atoms in total. The number of fused-ring (bicyclic) bond motifs is 1. The number of carbonyl (C=O) groups excluding carboxylic acids is 1. The first kappa shape index (κ1) is 15.7. The molecular formula is C14H24O6. The second-order valence-electron chi connectivity index (χ2n) is 5.30. The number of carbonyl (C=O) groups is 1. The molecule has 2 aliphatic rings. The van der Waals surface area contributed by atoms with Crippen molar-refractivity contribution in [1.29, 1.82) is 0 Å². The highest BCUT2D eigenvalue weighted by atomic mass is 16.7. The highest BCUT2D eigenvalue weighted by Gasteiger charge is 2.57. The van der Waals surface area contributed by atoms with E-state index in [4.69, 9.17) is 18.9 Å². The molecule has 2 aliphatic heterocycles. The summed E-state index contributed by atoms with van der Waals surface area (Å²) < 4.78 is 21.6. The number of rotatable bonds is 8. The van der Waals surface area contributed by atoms with Gasteiger partial charge in [-0.2, -0.15) is 0 Å². The molecule has 5 unspecified atom stereocenters. The molecule has 2 heterocycles. The molecular weight excluding hydrogens is 264 g/mol. The van der Waals surface area contributed by atoms with Crippen LogP contribution in [-0.2, 0) is 23.7 Å². The monoisotopic (exact) mass is 288 g/mol. The Balaban J connectivity index is 1.74. The molecule has 0 spiro atoms. The summed E-state index contributed by atoms with van der Waals surface area (Å²) in [6.45, 7) is 2.76. The summed E-state index contributed by atoms with van der Waals surface area (Å²) >= 11 is 0. The lowest BCUT2D eigenvalue weighted by atomic mass is 10.1. The van der Waals surface area contributed by atoms with Crippen LogP contribution in [0.2, 0.25) is 0 Å². The first-order chi connectivity index (χ1) is 9.69. The Hall–Kier alpha value is -0.690. The number of esters is 1. The summed E-state index contributed by atoms with van der Waals surface area (Å²) in [6, 6.07) is 0. The predicted molar refractivity (Wildman–Crippen MR) is 70.1 cm³/mol. The number of methoxy groups -OCH3 is 1. The van der Waals surface area contributed by atoms with Gasteiger partial charge in [0.25, 0.3) is 0 Å². The zero-order valence-corrected chi connectivity index (χ0v) is 12.1. The highest BCUT2D eigenvalue weighted by Crippen LogP contribution is 2.34. The molecule has 2 saturated heterocycles. The second kappa shape index (κ2) is 7.36. The van der Waals surface area contributed by atoms with Crippen LogP contribution < -0.4 is 0 Å². The van der Waals surface area contributed by atoms with Gasteiger partial charge in [-0.1, -0.05) is 32.6 Å². The molecule has 0 aromatic rings. The summed E-state index contributed by atoms with van der Waals surface area (Å²) in [5.74, 6) is -0.653. The number of aliphatic hydroxyl groups is 1. The van der Waals surface area contributed by atoms with Crippen molar-refractivity contribution in [2.24, 2.45) is 0 Å². The van der Waals surface area contributed by atoms with E-state index < -0.39 is 36.7 Å². The average molecular weight is 288 g/mol. The molecule has 1 N–H and O–H groups in total. The van der Waals surface area contributed by atoms with Gasteiger partial charge >= 0.3 is 5.97 Å². The van der Waals surface area contributed by atoms with Crippen molar-refractivity contribution in [3.8, 4) is 0 Å². The van der Waals surface area contributed by atoms with Gasteiger partial charge in [-0.15, -0.1) is 0 Å². The van der Waals surface area contributed by atoms with Gasteiger partial charge in [-0.25, -0.2) is 4.79 Å². The largest absolute Gasteiger partial charge is 0.454 e. The van der Waals surface area contributed by atoms with E-state index in [-0.39, 0.29) is 0 Å². The van der Waals surface area contributed by atoms with Crippen molar-refractivity contribution in [1.82, 2.24) is 0 Å². The van der Waals surface area contributed by atoms with Gasteiger partial charge in [0.15, 0.2) is 18.5 Å². The number of unbranched alkanes of at least 4 members (excludes halogenated alkanes) is 4. The molecule has 0 amide bonds. The van der Waals surface area contributed by atoms with Crippen LogP contribution in [0, 0.1) is 0 Å². The molecule has 2 fully saturated rings. The number of hydrogen-bond donors (Lipinski definition) is 1. The molecule has 0 radical (unpaired) electrons. The maximum Gasteiger partial charge on any atom is 0.338 e. The molecule has 0 saturated carbocycles. The van der Waals surface area contributed by atoms with Crippen molar-refractivity contribution >= 4 is 5.97 Å². The first-order valence-corrected chi connectivity index (χ1v) is 7.37. The number of aliphatic hydroxyl groups excluding tert-OH is 1. The third-order valence-corrected chi connectivity index (χ3v) is 3.81. The third-order valence-electron chi connectivity index (χ3n) is 3.81. The fourth-order valence-corrected chi connectivity index (χ4v) is 2.66. The van der Waals surface area contributed by atoms with Crippen molar-refractivity contribution in [3.63, 3.8) is 0 Å². The van der Waals surface area contributed by atoms with Crippen LogP contribution in [0.25, 0.3) is 0 Å². The lowest BCUT2D eigenvalue weighted by molar-refractivity contribution is -0.191. The van der Waals surface area contributed by atoms with Crippen molar-refractivity contribution in [2.45, 2.75) is 69.7 Å². The van der Waals surface area contributed by atoms with Gasteiger partial charge in [0, 0.05) is 13.7 Å². The van der Waals surface area contributed by atoms with Crippen LogP contribution in [0.5, 0.6) is 0 Å². The molecule has 0 bridgehead atoms. The van der Waals surface area contributed by atoms with E-state index in [1.807, 2.05) is 0 Å². The summed E-state index contributed by atoms with van der Waals surface area (Å²) in [6.07, 6.45) is 2.21. The fraction of sp³-hybridized carbons (Fsp3) is 0.929. The van der Waals surface area contributed by atoms with Gasteiger partial charge in [-0.3, -0.25) is 0 Å². The fourth-order valence-electron chi connectivity index (χ4n) is 2.66. The van der Waals surface area contributed by atoms with Crippen molar-refractivity contribution < 1.29 is 28.8 Å². The number of hydrogen-bond acceptors (Lipinski definition) is 6. The second-order valence-corrected chi connectivity index (χ2v) is 5.30. The predicted octanol–water partition coefficient (Wildman–Crippen LogP) is 1.000. The quantitative estimate of drug-likeness (QED) is 0.530. The first-order valence-electron chi connectivity index (χ1n) is 7.37. The molecule has 5 atom stereocenters. The van der Waals surface area contributed by atoms with Gasteiger partial charge in [0.1, 0.15) is 12.2 Å². The normalized spacial score (nSPS) is 36.1. The van der Waals surface area contributed by atoms with Crippen LogP contribution >= 0.6 is 0 Å². The molecule has 20 heavy (non-hydrogen) atoms. The van der Waals surface area contributed by atoms with Gasteiger partial charge in [0.2, 0.25) is 0 Å². The van der Waals surface area contributed by atoms with E-state index in [0.29, 0.717) is 6.61 Å². The third kappa shape index (κ3) is 3.31. The minimum atomic E-state index is -1.24. The van der Waals surface area contributed by atoms with Gasteiger partial charge < -0.3 is 24.1 Å². The Bertz CT molecular complexity index is 321. The lowest BCUT2D eigenvalue weighted by Gasteiger charge is -2.20. The Labute approximate surface area is 119 Å². The van der Waals surface area contributed by atoms with Crippen LogP contribution in [0.15, 0.2) is 0 Å². The molecule has 0 aromatic carbocycles. The van der Waals surface area contributed by atoms with Crippen molar-refractivity contribution in [2.75, 3.05) is 13.7 Å².